The molecule has 0 saturated carbocycles. The quantitative estimate of drug-likeness (QED) is 0.682. The highest BCUT2D eigenvalue weighted by Crippen LogP contribution is 2.16. The minimum Gasteiger partial charge on any atom is -0.311 e. The van der Waals surface area contributed by atoms with Crippen molar-refractivity contribution in [2.24, 2.45) is 0 Å². The molecule has 5 heteroatoms. The Morgan fingerprint density at radius 3 is 2.88 bits per heavy atom. The van der Waals surface area contributed by atoms with Gasteiger partial charge in [0.15, 0.2) is 11.2 Å². The molecule has 3 aromatic rings. The monoisotopic (exact) mass is 226 g/mol. The minimum atomic E-state index is -0.184. The molecule has 0 unspecified atom stereocenters. The van der Waals surface area contributed by atoms with Crippen LogP contribution in [-0.4, -0.2) is 19.5 Å². The van der Waals surface area contributed by atoms with Crippen molar-refractivity contribution in [2.45, 2.75) is 6.92 Å². The van der Waals surface area contributed by atoms with Gasteiger partial charge in [0.2, 0.25) is 0 Å². The molecule has 5 nitrogen and oxygen atoms in total. The van der Waals surface area contributed by atoms with Crippen molar-refractivity contribution in [1.82, 2.24) is 19.5 Å². The van der Waals surface area contributed by atoms with Crippen molar-refractivity contribution in [3.05, 3.63) is 52.8 Å². The summed E-state index contributed by atoms with van der Waals surface area (Å²) in [6, 6.07) is 7.83. The average Bonchev–Trinajstić information content (AvgIpc) is 2.75. The molecule has 0 bridgehead atoms. The van der Waals surface area contributed by atoms with Gasteiger partial charge in [-0.15, -0.1) is 0 Å². The lowest BCUT2D eigenvalue weighted by Gasteiger charge is -2.06. The number of aromatic nitrogens is 4. The number of nitrogens with one attached hydrogen (secondary N) is 1. The number of aryl methyl sites for hydroxylation is 1. The van der Waals surface area contributed by atoms with Gasteiger partial charge < -0.3 is 4.98 Å². The van der Waals surface area contributed by atoms with E-state index in [1.54, 1.807) is 10.9 Å². The van der Waals surface area contributed by atoms with E-state index in [1.807, 2.05) is 31.2 Å². The molecule has 0 radical (unpaired) electrons. The number of aromatic amines is 1. The smallest absolute Gasteiger partial charge is 0.277 e. The molecule has 0 fully saturated rings. The fourth-order valence-corrected chi connectivity index (χ4v) is 1.88. The van der Waals surface area contributed by atoms with Gasteiger partial charge in [0.05, 0.1) is 12.0 Å². The van der Waals surface area contributed by atoms with E-state index in [1.165, 1.54) is 6.33 Å². The number of para-hydroxylation sites is 1. The van der Waals surface area contributed by atoms with Crippen LogP contribution in [-0.2, 0) is 0 Å². The van der Waals surface area contributed by atoms with Gasteiger partial charge in [-0.05, 0) is 18.6 Å². The second-order valence-electron chi connectivity index (χ2n) is 3.80. The van der Waals surface area contributed by atoms with Gasteiger partial charge in [0, 0.05) is 0 Å². The van der Waals surface area contributed by atoms with E-state index in [2.05, 4.69) is 15.0 Å². The summed E-state index contributed by atoms with van der Waals surface area (Å²) in [4.78, 5) is 22.5. The maximum absolute atomic E-state index is 11.8. The van der Waals surface area contributed by atoms with Crippen LogP contribution >= 0.6 is 0 Å². The number of rotatable bonds is 1. The van der Waals surface area contributed by atoms with Gasteiger partial charge >= 0.3 is 0 Å². The minimum absolute atomic E-state index is 0.184. The number of imidazole rings is 1. The van der Waals surface area contributed by atoms with E-state index in [-0.39, 0.29) is 5.56 Å². The van der Waals surface area contributed by atoms with Gasteiger partial charge in [0.25, 0.3) is 5.56 Å². The summed E-state index contributed by atoms with van der Waals surface area (Å²) in [5.74, 6) is 0. The molecule has 0 saturated heterocycles. The Bertz CT molecular complexity index is 741. The summed E-state index contributed by atoms with van der Waals surface area (Å²) in [6.07, 6.45) is 2.98. The number of hydrogen-bond acceptors (Lipinski definition) is 3. The highest BCUT2D eigenvalue weighted by atomic mass is 16.1. The topological polar surface area (TPSA) is 63.6 Å². The maximum Gasteiger partial charge on any atom is 0.277 e. The van der Waals surface area contributed by atoms with E-state index >= 15 is 0 Å². The van der Waals surface area contributed by atoms with E-state index in [0.29, 0.717) is 11.2 Å². The number of H-pyrrole nitrogens is 1. The number of benzene rings is 1. The standard InChI is InChI=1S/C12H10N4O/c1-8-4-2-3-5-9(8)16-7-15-11-10(16)12(17)14-6-13-11/h2-7H,1H3,(H,13,14,17). The molecular formula is C12H10N4O. The van der Waals surface area contributed by atoms with Crippen molar-refractivity contribution < 1.29 is 0 Å². The Morgan fingerprint density at radius 2 is 2.06 bits per heavy atom. The first-order chi connectivity index (χ1) is 8.27. The van der Waals surface area contributed by atoms with Crippen LogP contribution in [0.15, 0.2) is 41.7 Å². The molecule has 0 aliphatic heterocycles. The Balaban J connectivity index is 2.40. The molecule has 2 aromatic heterocycles. The molecular weight excluding hydrogens is 216 g/mol. The second kappa shape index (κ2) is 3.55. The van der Waals surface area contributed by atoms with Crippen LogP contribution in [0.2, 0.25) is 0 Å². The van der Waals surface area contributed by atoms with Gasteiger partial charge in [-0.1, -0.05) is 18.2 Å². The average molecular weight is 226 g/mol. The van der Waals surface area contributed by atoms with Crippen LogP contribution in [0.5, 0.6) is 0 Å². The summed E-state index contributed by atoms with van der Waals surface area (Å²) >= 11 is 0. The normalized spacial score (nSPS) is 10.9. The van der Waals surface area contributed by atoms with Crippen molar-refractivity contribution in [3.8, 4) is 5.69 Å². The predicted octanol–water partition coefficient (Wildman–Crippen LogP) is 1.42. The second-order valence-corrected chi connectivity index (χ2v) is 3.80. The molecule has 0 spiro atoms. The predicted molar refractivity (Wildman–Crippen MR) is 64.2 cm³/mol. The third-order valence-corrected chi connectivity index (χ3v) is 2.72. The Kier molecular flexibility index (Phi) is 2.04. The van der Waals surface area contributed by atoms with Crippen LogP contribution < -0.4 is 5.56 Å². The lowest BCUT2D eigenvalue weighted by Crippen LogP contribution is -2.10. The molecule has 1 N–H and O–H groups in total. The molecule has 0 amide bonds. The zero-order valence-electron chi connectivity index (χ0n) is 9.21. The van der Waals surface area contributed by atoms with Crippen molar-refractivity contribution >= 4 is 11.2 Å². The van der Waals surface area contributed by atoms with E-state index in [4.69, 9.17) is 0 Å². The zero-order valence-corrected chi connectivity index (χ0v) is 9.21. The summed E-state index contributed by atoms with van der Waals surface area (Å²) in [5, 5.41) is 0. The fraction of sp³-hybridized carbons (Fsp3) is 0.0833. The van der Waals surface area contributed by atoms with Gasteiger partial charge in [-0.25, -0.2) is 9.97 Å². The highest BCUT2D eigenvalue weighted by molar-refractivity contribution is 5.72. The van der Waals surface area contributed by atoms with E-state index < -0.39 is 0 Å². The van der Waals surface area contributed by atoms with Crippen LogP contribution in [0.3, 0.4) is 0 Å². The van der Waals surface area contributed by atoms with Crippen LogP contribution in [0.25, 0.3) is 16.9 Å². The first-order valence-corrected chi connectivity index (χ1v) is 5.24. The van der Waals surface area contributed by atoms with Gasteiger partial charge in [-0.3, -0.25) is 9.36 Å². The Hall–Kier alpha value is -2.43. The maximum atomic E-state index is 11.8. The summed E-state index contributed by atoms with van der Waals surface area (Å²) in [6.45, 7) is 1.99. The van der Waals surface area contributed by atoms with Crippen molar-refractivity contribution in [1.29, 1.82) is 0 Å². The third kappa shape index (κ3) is 1.44. The van der Waals surface area contributed by atoms with Crippen molar-refractivity contribution in [2.75, 3.05) is 0 Å². The lowest BCUT2D eigenvalue weighted by molar-refractivity contribution is 1.06. The molecule has 0 aliphatic rings. The molecule has 2 heterocycles. The molecule has 0 atom stereocenters. The molecule has 84 valence electrons. The van der Waals surface area contributed by atoms with E-state index in [0.717, 1.165) is 11.3 Å². The summed E-state index contributed by atoms with van der Waals surface area (Å²) < 4.78 is 1.76. The summed E-state index contributed by atoms with van der Waals surface area (Å²) in [5.41, 5.74) is 2.76. The van der Waals surface area contributed by atoms with Crippen LogP contribution in [0, 0.1) is 6.92 Å². The SMILES string of the molecule is Cc1ccccc1-n1cnc2nc[nH]c(=O)c21. The molecule has 17 heavy (non-hydrogen) atoms. The Morgan fingerprint density at radius 1 is 1.24 bits per heavy atom. The van der Waals surface area contributed by atoms with Crippen LogP contribution in [0.4, 0.5) is 0 Å². The zero-order chi connectivity index (χ0) is 11.8. The fourth-order valence-electron chi connectivity index (χ4n) is 1.88. The van der Waals surface area contributed by atoms with Crippen LogP contribution in [0.1, 0.15) is 5.56 Å². The molecule has 0 aliphatic carbocycles. The molecule has 1 aromatic carbocycles. The first-order valence-electron chi connectivity index (χ1n) is 5.24. The lowest BCUT2D eigenvalue weighted by atomic mass is 10.2. The molecule has 3 rings (SSSR count). The number of hydrogen-bond donors (Lipinski definition) is 1. The largest absolute Gasteiger partial charge is 0.311 e. The third-order valence-electron chi connectivity index (χ3n) is 2.72. The number of nitrogens with zero attached hydrogens (tertiary/aromatic N) is 3. The summed E-state index contributed by atoms with van der Waals surface area (Å²) in [7, 11) is 0. The number of fused-ring (bicyclic) bond motifs is 1. The highest BCUT2D eigenvalue weighted by Gasteiger charge is 2.10. The van der Waals surface area contributed by atoms with E-state index in [9.17, 15) is 4.79 Å². The first kappa shape index (κ1) is 9.77. The van der Waals surface area contributed by atoms with Gasteiger partial charge in [0.1, 0.15) is 6.33 Å². The van der Waals surface area contributed by atoms with Crippen molar-refractivity contribution in [3.63, 3.8) is 0 Å². The van der Waals surface area contributed by atoms with Gasteiger partial charge in [-0.2, -0.15) is 0 Å². The Labute approximate surface area is 96.8 Å².